The first-order valence-corrected chi connectivity index (χ1v) is 6.92. The summed E-state index contributed by atoms with van der Waals surface area (Å²) in [5.74, 6) is -0.161. The lowest BCUT2D eigenvalue weighted by atomic mass is 9.93. The number of esters is 1. The van der Waals surface area contributed by atoms with Crippen molar-refractivity contribution in [2.75, 3.05) is 0 Å². The number of rotatable bonds is 2. The number of fused-ring (bicyclic) bond motifs is 1. The summed E-state index contributed by atoms with van der Waals surface area (Å²) < 4.78 is 31.3. The van der Waals surface area contributed by atoms with E-state index in [2.05, 4.69) is 11.3 Å². The number of hydrogen-bond donors (Lipinski definition) is 1. The molecule has 2 saturated carbocycles. The van der Waals surface area contributed by atoms with Crippen molar-refractivity contribution >= 4 is 16.0 Å². The van der Waals surface area contributed by atoms with Crippen LogP contribution in [0.1, 0.15) is 12.8 Å². The van der Waals surface area contributed by atoms with Crippen molar-refractivity contribution in [3.8, 4) is 0 Å². The van der Waals surface area contributed by atoms with Crippen LogP contribution in [0, 0.1) is 11.8 Å². The van der Waals surface area contributed by atoms with Crippen LogP contribution in [0.15, 0.2) is 12.7 Å². The maximum absolute atomic E-state index is 11.7. The maximum atomic E-state index is 11.7. The van der Waals surface area contributed by atoms with Crippen LogP contribution in [0.25, 0.3) is 0 Å². The lowest BCUT2D eigenvalue weighted by molar-refractivity contribution is -0.146. The predicted octanol–water partition coefficient (Wildman–Crippen LogP) is -0.206. The summed E-state index contributed by atoms with van der Waals surface area (Å²) in [5, 5.41) is -0.263. The molecule has 0 aromatic carbocycles. The molecule has 2 aliphatic carbocycles. The minimum Gasteiger partial charge on any atom is -0.457 e. The van der Waals surface area contributed by atoms with E-state index in [1.54, 1.807) is 0 Å². The second kappa shape index (κ2) is 3.07. The van der Waals surface area contributed by atoms with Gasteiger partial charge in [-0.2, -0.15) is 0 Å². The van der Waals surface area contributed by atoms with E-state index in [-0.39, 0.29) is 29.2 Å². The van der Waals surface area contributed by atoms with Crippen LogP contribution in [0.2, 0.25) is 0 Å². The predicted molar refractivity (Wildman–Crippen MR) is 55.9 cm³/mol. The van der Waals surface area contributed by atoms with Gasteiger partial charge in [-0.05, 0) is 24.7 Å². The number of ether oxygens (including phenoxy) is 1. The molecule has 1 aliphatic heterocycles. The zero-order valence-corrected chi connectivity index (χ0v) is 9.44. The van der Waals surface area contributed by atoms with Gasteiger partial charge in [0.15, 0.2) is 0 Å². The molecule has 3 aliphatic rings. The molecule has 0 amide bonds. The van der Waals surface area contributed by atoms with Gasteiger partial charge in [-0.1, -0.05) is 6.58 Å². The van der Waals surface area contributed by atoms with E-state index < -0.39 is 16.0 Å². The van der Waals surface area contributed by atoms with Crippen LogP contribution >= 0.6 is 0 Å². The summed E-state index contributed by atoms with van der Waals surface area (Å²) in [6, 6.07) is -0.211. The maximum Gasteiger partial charge on any atom is 0.330 e. The van der Waals surface area contributed by atoms with Crippen molar-refractivity contribution in [1.82, 2.24) is 4.72 Å². The van der Waals surface area contributed by atoms with Gasteiger partial charge in [-0.3, -0.25) is 0 Å². The van der Waals surface area contributed by atoms with E-state index in [4.69, 9.17) is 4.74 Å². The third-order valence-corrected chi connectivity index (χ3v) is 5.93. The molecule has 3 fully saturated rings. The Morgan fingerprint density at radius 2 is 2.19 bits per heavy atom. The quantitative estimate of drug-likeness (QED) is 0.538. The topological polar surface area (TPSA) is 72.5 Å². The first-order chi connectivity index (χ1) is 7.53. The van der Waals surface area contributed by atoms with Crippen LogP contribution in [0.3, 0.4) is 0 Å². The molecule has 6 heteroatoms. The Kier molecular flexibility index (Phi) is 1.98. The van der Waals surface area contributed by atoms with Gasteiger partial charge in [0, 0.05) is 6.08 Å². The van der Waals surface area contributed by atoms with E-state index in [9.17, 15) is 13.2 Å². The average Bonchev–Trinajstić information content (AvgIpc) is 2.81. The summed E-state index contributed by atoms with van der Waals surface area (Å²) in [7, 11) is -3.17. The van der Waals surface area contributed by atoms with E-state index in [1.165, 1.54) is 0 Å². The largest absolute Gasteiger partial charge is 0.457 e. The number of carbonyl (C=O) groups is 1. The highest BCUT2D eigenvalue weighted by Gasteiger charge is 2.63. The number of nitrogens with one attached hydrogen (secondary N) is 1. The minimum atomic E-state index is -3.17. The first-order valence-electron chi connectivity index (χ1n) is 5.37. The van der Waals surface area contributed by atoms with Crippen molar-refractivity contribution in [3.05, 3.63) is 12.7 Å². The highest BCUT2D eigenvalue weighted by molar-refractivity contribution is 7.90. The molecule has 1 heterocycles. The SMILES string of the molecule is C=CC(=O)OC1C2CC3C1NS(=O)(=O)C3C2. The summed E-state index contributed by atoms with van der Waals surface area (Å²) in [6.07, 6.45) is 2.28. The summed E-state index contributed by atoms with van der Waals surface area (Å²) in [5.41, 5.74) is 0. The lowest BCUT2D eigenvalue weighted by Crippen LogP contribution is -2.41. The fraction of sp³-hybridized carbons (Fsp3) is 0.700. The Balaban J connectivity index is 1.86. The molecule has 0 aromatic rings. The monoisotopic (exact) mass is 243 g/mol. The molecule has 5 unspecified atom stereocenters. The van der Waals surface area contributed by atoms with Gasteiger partial charge in [0.2, 0.25) is 10.0 Å². The highest BCUT2D eigenvalue weighted by atomic mass is 32.2. The Hall–Kier alpha value is -0.880. The van der Waals surface area contributed by atoms with Crippen LogP contribution in [-0.4, -0.2) is 31.8 Å². The van der Waals surface area contributed by atoms with E-state index in [0.29, 0.717) is 6.42 Å². The molecule has 16 heavy (non-hydrogen) atoms. The molecule has 5 atom stereocenters. The van der Waals surface area contributed by atoms with Gasteiger partial charge in [0.05, 0.1) is 11.3 Å². The Bertz CT molecular complexity index is 457. The fourth-order valence-corrected chi connectivity index (χ4v) is 5.50. The molecule has 3 rings (SSSR count). The van der Waals surface area contributed by atoms with Crippen molar-refractivity contribution in [2.24, 2.45) is 11.8 Å². The lowest BCUT2D eigenvalue weighted by Gasteiger charge is -2.25. The summed E-state index contributed by atoms with van der Waals surface area (Å²) in [6.45, 7) is 3.34. The highest BCUT2D eigenvalue weighted by Crippen LogP contribution is 2.52. The van der Waals surface area contributed by atoms with Gasteiger partial charge in [0.1, 0.15) is 6.10 Å². The van der Waals surface area contributed by atoms with Gasteiger partial charge in [0.25, 0.3) is 0 Å². The standard InChI is InChI=1S/C10H13NO4S/c1-2-8(12)15-10-5-3-6-7(4-5)16(13,14)11-9(6)10/h2,5-7,9-11H,1,3-4H2. The van der Waals surface area contributed by atoms with Crippen LogP contribution < -0.4 is 4.72 Å². The normalized spacial score (nSPS) is 46.9. The third-order valence-electron chi connectivity index (χ3n) is 3.99. The number of carbonyl (C=O) groups excluding carboxylic acids is 1. The first kappa shape index (κ1) is 10.3. The zero-order valence-electron chi connectivity index (χ0n) is 8.63. The fourth-order valence-electron chi connectivity index (χ4n) is 3.39. The van der Waals surface area contributed by atoms with E-state index in [0.717, 1.165) is 12.5 Å². The summed E-state index contributed by atoms with van der Waals surface area (Å²) >= 11 is 0. The molecule has 0 radical (unpaired) electrons. The van der Waals surface area contributed by atoms with Crippen LogP contribution in [0.4, 0.5) is 0 Å². The van der Waals surface area contributed by atoms with Crippen molar-refractivity contribution in [2.45, 2.75) is 30.2 Å². The van der Waals surface area contributed by atoms with Gasteiger partial charge >= 0.3 is 5.97 Å². The molecule has 88 valence electrons. The Labute approximate surface area is 93.9 Å². The Morgan fingerprint density at radius 1 is 1.44 bits per heavy atom. The van der Waals surface area contributed by atoms with Crippen molar-refractivity contribution in [3.63, 3.8) is 0 Å². The second-order valence-corrected chi connectivity index (χ2v) is 6.66. The smallest absolute Gasteiger partial charge is 0.330 e. The molecule has 2 bridgehead atoms. The van der Waals surface area contributed by atoms with Gasteiger partial charge < -0.3 is 4.74 Å². The van der Waals surface area contributed by atoms with Gasteiger partial charge in [-0.15, -0.1) is 0 Å². The minimum absolute atomic E-state index is 0.123. The third kappa shape index (κ3) is 1.20. The molecule has 0 aromatic heterocycles. The molecule has 1 saturated heterocycles. The summed E-state index contributed by atoms with van der Waals surface area (Å²) in [4.78, 5) is 11.2. The number of hydrogen-bond acceptors (Lipinski definition) is 4. The average molecular weight is 243 g/mol. The van der Waals surface area contributed by atoms with E-state index in [1.807, 2.05) is 0 Å². The van der Waals surface area contributed by atoms with Crippen LogP contribution in [-0.2, 0) is 19.6 Å². The van der Waals surface area contributed by atoms with Gasteiger partial charge in [-0.25, -0.2) is 17.9 Å². The second-order valence-electron chi connectivity index (χ2n) is 4.73. The van der Waals surface area contributed by atoms with Crippen molar-refractivity contribution < 1.29 is 17.9 Å². The molecule has 1 N–H and O–H groups in total. The molecule has 0 spiro atoms. The molecular weight excluding hydrogens is 230 g/mol. The Morgan fingerprint density at radius 3 is 2.88 bits per heavy atom. The van der Waals surface area contributed by atoms with Crippen molar-refractivity contribution in [1.29, 1.82) is 0 Å². The van der Waals surface area contributed by atoms with Crippen LogP contribution in [0.5, 0.6) is 0 Å². The molecule has 5 nitrogen and oxygen atoms in total. The zero-order chi connectivity index (χ0) is 11.5. The van der Waals surface area contributed by atoms with E-state index >= 15 is 0 Å². The molecular formula is C10H13NO4S. The number of sulfonamides is 1.